The summed E-state index contributed by atoms with van der Waals surface area (Å²) < 4.78 is 5.45. The molecule has 1 spiro atoms. The molecule has 10 heavy (non-hydrogen) atoms. The van der Waals surface area contributed by atoms with E-state index in [2.05, 4.69) is 10.6 Å². The van der Waals surface area contributed by atoms with Gasteiger partial charge in [0.1, 0.15) is 0 Å². The van der Waals surface area contributed by atoms with Gasteiger partial charge in [-0.2, -0.15) is 0 Å². The highest BCUT2D eigenvalue weighted by molar-refractivity contribution is 4.94. The first-order valence-corrected chi connectivity index (χ1v) is 3.91. The number of rotatable bonds is 0. The van der Waals surface area contributed by atoms with Gasteiger partial charge in [0.25, 0.3) is 0 Å². The Morgan fingerprint density at radius 3 is 2.60 bits per heavy atom. The van der Waals surface area contributed by atoms with Crippen molar-refractivity contribution in [3.63, 3.8) is 0 Å². The van der Waals surface area contributed by atoms with E-state index in [1.807, 2.05) is 0 Å². The van der Waals surface area contributed by atoms with Crippen LogP contribution in [-0.4, -0.2) is 39.4 Å². The first-order valence-electron chi connectivity index (χ1n) is 3.91. The van der Waals surface area contributed by atoms with Crippen LogP contribution in [0.25, 0.3) is 0 Å². The predicted octanol–water partition coefficient (Wildman–Crippen LogP) is -0.804. The average molecular weight is 142 g/mol. The second kappa shape index (κ2) is 2.49. The molecule has 0 aliphatic carbocycles. The van der Waals surface area contributed by atoms with Crippen LogP contribution in [0.5, 0.6) is 0 Å². The van der Waals surface area contributed by atoms with Gasteiger partial charge in [-0.25, -0.2) is 0 Å². The summed E-state index contributed by atoms with van der Waals surface area (Å²) in [5.74, 6) is 0. The van der Waals surface area contributed by atoms with Crippen molar-refractivity contribution < 1.29 is 4.74 Å². The van der Waals surface area contributed by atoms with E-state index < -0.39 is 0 Å². The van der Waals surface area contributed by atoms with E-state index in [1.54, 1.807) is 0 Å². The molecule has 2 aliphatic rings. The topological polar surface area (TPSA) is 33.3 Å². The highest BCUT2D eigenvalue weighted by Gasteiger charge is 2.37. The molecule has 0 aromatic rings. The van der Waals surface area contributed by atoms with Gasteiger partial charge in [-0.05, 0) is 0 Å². The minimum absolute atomic E-state index is 0.441. The molecule has 0 radical (unpaired) electrons. The van der Waals surface area contributed by atoms with Crippen LogP contribution in [0.2, 0.25) is 0 Å². The van der Waals surface area contributed by atoms with Gasteiger partial charge in [0.2, 0.25) is 0 Å². The molecule has 2 aliphatic heterocycles. The molecule has 0 aromatic carbocycles. The lowest BCUT2D eigenvalue weighted by molar-refractivity contribution is 0.0352. The van der Waals surface area contributed by atoms with Crippen molar-refractivity contribution in [2.24, 2.45) is 5.41 Å². The van der Waals surface area contributed by atoms with Gasteiger partial charge in [0.15, 0.2) is 0 Å². The Labute approximate surface area is 61.1 Å². The minimum Gasteiger partial charge on any atom is -0.379 e. The van der Waals surface area contributed by atoms with E-state index >= 15 is 0 Å². The van der Waals surface area contributed by atoms with Crippen molar-refractivity contribution in [3.05, 3.63) is 0 Å². The van der Waals surface area contributed by atoms with Crippen LogP contribution in [0.1, 0.15) is 0 Å². The van der Waals surface area contributed by atoms with Crippen molar-refractivity contribution >= 4 is 0 Å². The standard InChI is InChI=1S/C7H14N2O/c1-2-10-6-7(3-8-1)4-9-5-7/h8-9H,1-6H2. The summed E-state index contributed by atoms with van der Waals surface area (Å²) in [6, 6.07) is 0. The smallest absolute Gasteiger partial charge is 0.0591 e. The third-order valence-corrected chi connectivity index (χ3v) is 2.33. The molecule has 0 aromatic heterocycles. The van der Waals surface area contributed by atoms with Gasteiger partial charge in [0.05, 0.1) is 13.2 Å². The summed E-state index contributed by atoms with van der Waals surface area (Å²) in [4.78, 5) is 0. The molecule has 3 heteroatoms. The molecular weight excluding hydrogens is 128 g/mol. The molecule has 2 rings (SSSR count). The summed E-state index contributed by atoms with van der Waals surface area (Å²) in [5, 5.41) is 6.65. The molecule has 3 nitrogen and oxygen atoms in total. The van der Waals surface area contributed by atoms with Crippen molar-refractivity contribution in [1.82, 2.24) is 10.6 Å². The Hall–Kier alpha value is -0.120. The Bertz CT molecular complexity index is 113. The van der Waals surface area contributed by atoms with Crippen LogP contribution < -0.4 is 10.6 Å². The fraction of sp³-hybridized carbons (Fsp3) is 1.00. The molecule has 0 saturated carbocycles. The van der Waals surface area contributed by atoms with Gasteiger partial charge in [-0.1, -0.05) is 0 Å². The van der Waals surface area contributed by atoms with Crippen molar-refractivity contribution in [2.75, 3.05) is 39.4 Å². The number of nitrogens with one attached hydrogen (secondary N) is 2. The van der Waals surface area contributed by atoms with Gasteiger partial charge < -0.3 is 15.4 Å². The van der Waals surface area contributed by atoms with Gasteiger partial charge in [-0.3, -0.25) is 0 Å². The lowest BCUT2D eigenvalue weighted by Gasteiger charge is -2.41. The first-order chi connectivity index (χ1) is 4.91. The zero-order valence-electron chi connectivity index (χ0n) is 6.15. The second-order valence-corrected chi connectivity index (χ2v) is 3.33. The second-order valence-electron chi connectivity index (χ2n) is 3.33. The SMILES string of the molecule is C1COCC2(CN1)CNC2. The summed E-state index contributed by atoms with van der Waals surface area (Å²) in [7, 11) is 0. The Balaban J connectivity index is 1.92. The van der Waals surface area contributed by atoms with E-state index in [0.29, 0.717) is 5.41 Å². The molecule has 0 bridgehead atoms. The molecule has 0 amide bonds. The normalized spacial score (nSPS) is 31.2. The highest BCUT2D eigenvalue weighted by Crippen LogP contribution is 2.22. The molecule has 0 atom stereocenters. The van der Waals surface area contributed by atoms with Crippen molar-refractivity contribution in [1.29, 1.82) is 0 Å². The molecule has 58 valence electrons. The molecule has 2 heterocycles. The van der Waals surface area contributed by atoms with E-state index in [-0.39, 0.29) is 0 Å². The van der Waals surface area contributed by atoms with Gasteiger partial charge in [0, 0.05) is 31.6 Å². The van der Waals surface area contributed by atoms with Crippen LogP contribution in [0.15, 0.2) is 0 Å². The van der Waals surface area contributed by atoms with Crippen LogP contribution in [-0.2, 0) is 4.74 Å². The zero-order chi connectivity index (χ0) is 6.86. The number of ether oxygens (including phenoxy) is 1. The molecule has 0 unspecified atom stereocenters. The largest absolute Gasteiger partial charge is 0.379 e. The number of hydrogen-bond donors (Lipinski definition) is 2. The maximum Gasteiger partial charge on any atom is 0.0591 e. The summed E-state index contributed by atoms with van der Waals surface area (Å²) in [6.45, 7) is 6.20. The highest BCUT2D eigenvalue weighted by atomic mass is 16.5. The van der Waals surface area contributed by atoms with Crippen LogP contribution >= 0.6 is 0 Å². The lowest BCUT2D eigenvalue weighted by atomic mass is 9.83. The minimum atomic E-state index is 0.441. The van der Waals surface area contributed by atoms with Crippen LogP contribution in [0, 0.1) is 5.41 Å². The number of hydrogen-bond acceptors (Lipinski definition) is 3. The van der Waals surface area contributed by atoms with Gasteiger partial charge >= 0.3 is 0 Å². The van der Waals surface area contributed by atoms with Gasteiger partial charge in [-0.15, -0.1) is 0 Å². The summed E-state index contributed by atoms with van der Waals surface area (Å²) >= 11 is 0. The maximum atomic E-state index is 5.45. The summed E-state index contributed by atoms with van der Waals surface area (Å²) in [6.07, 6.45) is 0. The van der Waals surface area contributed by atoms with Crippen molar-refractivity contribution in [3.8, 4) is 0 Å². The third-order valence-electron chi connectivity index (χ3n) is 2.33. The monoisotopic (exact) mass is 142 g/mol. The van der Waals surface area contributed by atoms with E-state index in [1.165, 1.54) is 0 Å². The molecule has 2 saturated heterocycles. The lowest BCUT2D eigenvalue weighted by Crippen LogP contribution is -2.59. The Morgan fingerprint density at radius 1 is 1.10 bits per heavy atom. The molecule has 2 fully saturated rings. The maximum absolute atomic E-state index is 5.45. The van der Waals surface area contributed by atoms with Crippen LogP contribution in [0.3, 0.4) is 0 Å². The quantitative estimate of drug-likeness (QED) is 0.464. The molecular formula is C7H14N2O. The average Bonchev–Trinajstić information content (AvgIpc) is 2.08. The van der Waals surface area contributed by atoms with E-state index in [4.69, 9.17) is 4.74 Å². The predicted molar refractivity (Wildman–Crippen MR) is 39.0 cm³/mol. The first kappa shape index (κ1) is 6.58. The third kappa shape index (κ3) is 1.05. The zero-order valence-corrected chi connectivity index (χ0v) is 6.15. The Morgan fingerprint density at radius 2 is 1.90 bits per heavy atom. The summed E-state index contributed by atoms with van der Waals surface area (Å²) in [5.41, 5.74) is 0.441. The van der Waals surface area contributed by atoms with E-state index in [0.717, 1.165) is 39.4 Å². The molecule has 2 N–H and O–H groups in total. The fourth-order valence-electron chi connectivity index (χ4n) is 1.54. The van der Waals surface area contributed by atoms with Crippen LogP contribution in [0.4, 0.5) is 0 Å². The van der Waals surface area contributed by atoms with E-state index in [9.17, 15) is 0 Å². The Kier molecular flexibility index (Phi) is 1.64. The fourth-order valence-corrected chi connectivity index (χ4v) is 1.54. The van der Waals surface area contributed by atoms with Crippen molar-refractivity contribution in [2.45, 2.75) is 0 Å².